The number of rotatable bonds is 6. The summed E-state index contributed by atoms with van der Waals surface area (Å²) in [5, 5.41) is 12.9. The molecule has 2 aromatic carbocycles. The first-order chi connectivity index (χ1) is 12.8. The predicted molar refractivity (Wildman–Crippen MR) is 94.8 cm³/mol. The summed E-state index contributed by atoms with van der Waals surface area (Å²) >= 11 is 5.83. The molecule has 0 fully saturated rings. The van der Waals surface area contributed by atoms with Crippen molar-refractivity contribution in [2.45, 2.75) is 0 Å². The molecule has 140 valence electrons. The Morgan fingerprint density at radius 2 is 1.81 bits per heavy atom. The smallest absolute Gasteiger partial charge is 0.340 e. The predicted octanol–water partition coefficient (Wildman–Crippen LogP) is 2.83. The Morgan fingerprint density at radius 3 is 2.44 bits per heavy atom. The quantitative estimate of drug-likeness (QED) is 0.455. The van der Waals surface area contributed by atoms with Crippen molar-refractivity contribution < 1.29 is 28.8 Å². The first kappa shape index (κ1) is 19.9. The van der Waals surface area contributed by atoms with Gasteiger partial charge in [-0.15, -0.1) is 0 Å². The zero-order valence-corrected chi connectivity index (χ0v) is 14.7. The van der Waals surface area contributed by atoms with E-state index in [2.05, 4.69) is 10.1 Å². The van der Waals surface area contributed by atoms with Crippen LogP contribution in [0.5, 0.6) is 0 Å². The van der Waals surface area contributed by atoms with E-state index in [1.165, 1.54) is 19.2 Å². The number of ether oxygens (including phenoxy) is 2. The number of benzene rings is 2. The van der Waals surface area contributed by atoms with Crippen molar-refractivity contribution in [3.8, 4) is 0 Å². The Balaban J connectivity index is 2.01. The molecule has 9 nitrogen and oxygen atoms in total. The average molecular weight is 393 g/mol. The van der Waals surface area contributed by atoms with Crippen LogP contribution < -0.4 is 5.32 Å². The van der Waals surface area contributed by atoms with Gasteiger partial charge in [-0.2, -0.15) is 0 Å². The molecule has 0 aromatic heterocycles. The number of non-ortho nitro benzene ring substituents is 1. The number of methoxy groups -OCH3 is 1. The fraction of sp³-hybridized carbons (Fsp3) is 0.118. The molecule has 0 atom stereocenters. The molecule has 1 amide bonds. The summed E-state index contributed by atoms with van der Waals surface area (Å²) in [4.78, 5) is 45.6. The van der Waals surface area contributed by atoms with E-state index in [4.69, 9.17) is 16.3 Å². The lowest BCUT2D eigenvalue weighted by Crippen LogP contribution is -2.22. The molecule has 0 spiro atoms. The van der Waals surface area contributed by atoms with Gasteiger partial charge in [-0.25, -0.2) is 9.59 Å². The maximum atomic E-state index is 12.0. The van der Waals surface area contributed by atoms with Crippen molar-refractivity contribution in [2.24, 2.45) is 0 Å². The summed E-state index contributed by atoms with van der Waals surface area (Å²) in [6.07, 6.45) is 0. The first-order valence-electron chi connectivity index (χ1n) is 7.41. The number of halogens is 1. The van der Waals surface area contributed by atoms with Gasteiger partial charge in [0.05, 0.1) is 33.9 Å². The van der Waals surface area contributed by atoms with Crippen LogP contribution in [0.15, 0.2) is 42.5 Å². The fourth-order valence-corrected chi connectivity index (χ4v) is 2.31. The lowest BCUT2D eigenvalue weighted by atomic mass is 10.2. The highest BCUT2D eigenvalue weighted by Crippen LogP contribution is 2.23. The van der Waals surface area contributed by atoms with Crippen LogP contribution in [0.25, 0.3) is 0 Å². The van der Waals surface area contributed by atoms with E-state index in [-0.39, 0.29) is 27.5 Å². The molecule has 0 aliphatic rings. The maximum Gasteiger partial charge on any atom is 0.340 e. The van der Waals surface area contributed by atoms with E-state index < -0.39 is 29.4 Å². The number of hydrogen-bond donors (Lipinski definition) is 1. The van der Waals surface area contributed by atoms with Gasteiger partial charge in [0.25, 0.3) is 11.6 Å². The van der Waals surface area contributed by atoms with E-state index in [0.29, 0.717) is 0 Å². The topological polar surface area (TPSA) is 125 Å². The molecule has 0 saturated carbocycles. The van der Waals surface area contributed by atoms with Crippen molar-refractivity contribution >= 4 is 40.8 Å². The van der Waals surface area contributed by atoms with E-state index in [9.17, 15) is 24.5 Å². The maximum absolute atomic E-state index is 12.0. The molecule has 10 heteroatoms. The number of anilines is 1. The van der Waals surface area contributed by atoms with Gasteiger partial charge >= 0.3 is 11.9 Å². The summed E-state index contributed by atoms with van der Waals surface area (Å²) in [5.41, 5.74) is -0.0735. The Kier molecular flexibility index (Phi) is 6.45. The van der Waals surface area contributed by atoms with Crippen molar-refractivity contribution in [3.05, 3.63) is 68.7 Å². The number of carbonyl (C=O) groups excluding carboxylic acids is 3. The summed E-state index contributed by atoms with van der Waals surface area (Å²) in [6.45, 7) is -0.651. The fourth-order valence-electron chi connectivity index (χ4n) is 2.06. The summed E-state index contributed by atoms with van der Waals surface area (Å²) in [6, 6.07) is 9.37. The SMILES string of the molecule is COC(=O)c1ccccc1NC(=O)COC(=O)c1ccc([N+](=O)[O-])cc1Cl. The van der Waals surface area contributed by atoms with Gasteiger partial charge in [0.15, 0.2) is 6.61 Å². The monoisotopic (exact) mass is 392 g/mol. The molecule has 0 bridgehead atoms. The average Bonchev–Trinajstić information content (AvgIpc) is 2.65. The third-order valence-electron chi connectivity index (χ3n) is 3.32. The summed E-state index contributed by atoms with van der Waals surface area (Å²) < 4.78 is 9.46. The number of nitrogens with one attached hydrogen (secondary N) is 1. The highest BCUT2D eigenvalue weighted by Gasteiger charge is 2.18. The lowest BCUT2D eigenvalue weighted by Gasteiger charge is -2.10. The normalized spacial score (nSPS) is 10.0. The standard InChI is InChI=1S/C17H13ClN2O7/c1-26-16(22)12-4-2-3-5-14(12)19-15(21)9-27-17(23)11-7-6-10(20(24)25)8-13(11)18/h2-8H,9H2,1H3,(H,19,21). The van der Waals surface area contributed by atoms with Gasteiger partial charge < -0.3 is 14.8 Å². The van der Waals surface area contributed by atoms with Crippen molar-refractivity contribution in [1.29, 1.82) is 0 Å². The van der Waals surface area contributed by atoms with E-state index in [1.54, 1.807) is 12.1 Å². The van der Waals surface area contributed by atoms with Gasteiger partial charge in [-0.3, -0.25) is 14.9 Å². The number of amides is 1. The molecular formula is C17H13ClN2O7. The Hall–Kier alpha value is -3.46. The lowest BCUT2D eigenvalue weighted by molar-refractivity contribution is -0.384. The zero-order chi connectivity index (χ0) is 20.0. The number of esters is 2. The number of para-hydroxylation sites is 1. The van der Waals surface area contributed by atoms with Crippen LogP contribution in [0.1, 0.15) is 20.7 Å². The Bertz CT molecular complexity index is 914. The Morgan fingerprint density at radius 1 is 1.11 bits per heavy atom. The second-order valence-electron chi connectivity index (χ2n) is 5.08. The van der Waals surface area contributed by atoms with E-state index in [0.717, 1.165) is 18.2 Å². The van der Waals surface area contributed by atoms with Crippen molar-refractivity contribution in [1.82, 2.24) is 0 Å². The van der Waals surface area contributed by atoms with Crippen molar-refractivity contribution in [3.63, 3.8) is 0 Å². The molecule has 0 unspecified atom stereocenters. The van der Waals surface area contributed by atoms with Crippen LogP contribution >= 0.6 is 11.6 Å². The van der Waals surface area contributed by atoms with E-state index >= 15 is 0 Å². The van der Waals surface area contributed by atoms with Crippen LogP contribution in [0, 0.1) is 10.1 Å². The number of nitro groups is 1. The molecule has 27 heavy (non-hydrogen) atoms. The molecule has 2 aromatic rings. The van der Waals surface area contributed by atoms with Crippen LogP contribution in [-0.2, 0) is 14.3 Å². The highest BCUT2D eigenvalue weighted by atomic mass is 35.5. The van der Waals surface area contributed by atoms with E-state index in [1.807, 2.05) is 0 Å². The highest BCUT2D eigenvalue weighted by molar-refractivity contribution is 6.33. The van der Waals surface area contributed by atoms with Gasteiger partial charge in [-0.05, 0) is 18.2 Å². The number of nitrogens with zero attached hydrogens (tertiary/aromatic N) is 1. The third-order valence-corrected chi connectivity index (χ3v) is 3.64. The zero-order valence-electron chi connectivity index (χ0n) is 13.9. The first-order valence-corrected chi connectivity index (χ1v) is 7.79. The van der Waals surface area contributed by atoms with Gasteiger partial charge in [-0.1, -0.05) is 23.7 Å². The minimum absolute atomic E-state index is 0.120. The molecule has 0 heterocycles. The molecule has 1 N–H and O–H groups in total. The third kappa shape index (κ3) is 5.02. The minimum atomic E-state index is -0.925. The number of carbonyl (C=O) groups is 3. The minimum Gasteiger partial charge on any atom is -0.465 e. The second-order valence-corrected chi connectivity index (χ2v) is 5.49. The van der Waals surface area contributed by atoms with Crippen LogP contribution in [0.4, 0.5) is 11.4 Å². The summed E-state index contributed by atoms with van der Waals surface area (Å²) in [7, 11) is 1.21. The molecule has 0 aliphatic heterocycles. The summed E-state index contributed by atoms with van der Waals surface area (Å²) in [5.74, 6) is -2.26. The molecule has 0 saturated heterocycles. The molecule has 0 radical (unpaired) electrons. The van der Waals surface area contributed by atoms with Crippen LogP contribution in [0.2, 0.25) is 5.02 Å². The molecule has 2 rings (SSSR count). The van der Waals surface area contributed by atoms with Gasteiger partial charge in [0.2, 0.25) is 0 Å². The Labute approximate surface area is 158 Å². The second kappa shape index (κ2) is 8.77. The van der Waals surface area contributed by atoms with Crippen LogP contribution in [0.3, 0.4) is 0 Å². The number of nitro benzene ring substituents is 1. The largest absolute Gasteiger partial charge is 0.465 e. The molecule has 0 aliphatic carbocycles. The number of hydrogen-bond acceptors (Lipinski definition) is 7. The van der Waals surface area contributed by atoms with Crippen LogP contribution in [-0.4, -0.2) is 36.5 Å². The molecular weight excluding hydrogens is 380 g/mol. The van der Waals surface area contributed by atoms with Gasteiger partial charge in [0, 0.05) is 12.1 Å². The van der Waals surface area contributed by atoms with Crippen molar-refractivity contribution in [2.75, 3.05) is 19.0 Å². The van der Waals surface area contributed by atoms with Gasteiger partial charge in [0.1, 0.15) is 0 Å².